The Kier molecular flexibility index (Phi) is 6.35. The lowest BCUT2D eigenvalue weighted by Crippen LogP contribution is -2.35. The minimum absolute atomic E-state index is 0.0756. The fourth-order valence-electron chi connectivity index (χ4n) is 3.27. The minimum atomic E-state index is -3.64. The molecule has 2 heterocycles. The first-order valence-electron chi connectivity index (χ1n) is 9.79. The molecule has 10 heteroatoms. The van der Waals surface area contributed by atoms with E-state index >= 15 is 0 Å². The molecule has 0 atom stereocenters. The Hall–Kier alpha value is -2.75. The van der Waals surface area contributed by atoms with Crippen molar-refractivity contribution in [3.63, 3.8) is 0 Å². The summed E-state index contributed by atoms with van der Waals surface area (Å²) in [4.78, 5) is 12.5. The molecule has 0 spiro atoms. The molecule has 4 rings (SSSR count). The third-order valence-corrected chi connectivity index (χ3v) is 7.05. The number of ether oxygens (including phenoxy) is 1. The summed E-state index contributed by atoms with van der Waals surface area (Å²) >= 11 is 5.87. The minimum Gasteiger partial charge on any atom is -0.452 e. The highest BCUT2D eigenvalue weighted by Gasteiger charge is 2.26. The number of benzene rings is 2. The fraction of sp³-hybridized carbons (Fsp3) is 0.286. The number of nitrogens with zero attached hydrogens (tertiary/aromatic N) is 3. The van der Waals surface area contributed by atoms with Gasteiger partial charge < -0.3 is 9.15 Å². The van der Waals surface area contributed by atoms with Gasteiger partial charge in [-0.3, -0.25) is 0 Å². The second-order valence-electron chi connectivity index (χ2n) is 7.08. The van der Waals surface area contributed by atoms with E-state index < -0.39 is 16.0 Å². The lowest BCUT2D eigenvalue weighted by atomic mass is 10.2. The molecule has 0 unspecified atom stereocenters. The van der Waals surface area contributed by atoms with Gasteiger partial charge in [0.25, 0.3) is 5.89 Å². The lowest BCUT2D eigenvalue weighted by Gasteiger charge is -2.25. The van der Waals surface area contributed by atoms with Crippen LogP contribution < -0.4 is 0 Å². The molecule has 0 saturated carbocycles. The molecule has 0 amide bonds. The largest absolute Gasteiger partial charge is 0.452 e. The van der Waals surface area contributed by atoms with Gasteiger partial charge in [-0.2, -0.15) is 4.31 Å². The van der Waals surface area contributed by atoms with Crippen molar-refractivity contribution in [1.82, 2.24) is 14.5 Å². The normalized spacial score (nSPS) is 15.0. The van der Waals surface area contributed by atoms with Gasteiger partial charge in [-0.25, -0.2) is 13.2 Å². The van der Waals surface area contributed by atoms with E-state index in [1.54, 1.807) is 24.3 Å². The van der Waals surface area contributed by atoms with Gasteiger partial charge in [0.2, 0.25) is 15.9 Å². The summed E-state index contributed by atoms with van der Waals surface area (Å²) in [6.45, 7) is 0.747. The van der Waals surface area contributed by atoms with E-state index in [4.69, 9.17) is 20.8 Å². The second-order valence-corrected chi connectivity index (χ2v) is 9.45. The van der Waals surface area contributed by atoms with Gasteiger partial charge in [0.1, 0.15) is 0 Å². The van der Waals surface area contributed by atoms with Crippen molar-refractivity contribution in [2.24, 2.45) is 0 Å². The van der Waals surface area contributed by atoms with Gasteiger partial charge in [-0.05, 0) is 55.3 Å². The number of aromatic nitrogens is 2. The van der Waals surface area contributed by atoms with Crippen molar-refractivity contribution in [2.45, 2.75) is 30.8 Å². The molecule has 1 aliphatic rings. The van der Waals surface area contributed by atoms with E-state index in [0.717, 1.165) is 19.3 Å². The van der Waals surface area contributed by atoms with Gasteiger partial charge >= 0.3 is 5.97 Å². The van der Waals surface area contributed by atoms with Gasteiger partial charge in [-0.15, -0.1) is 10.2 Å². The molecule has 0 bridgehead atoms. The quantitative estimate of drug-likeness (QED) is 0.512. The first kappa shape index (κ1) is 21.5. The number of esters is 1. The zero-order chi connectivity index (χ0) is 21.8. The van der Waals surface area contributed by atoms with Crippen LogP contribution in [0.2, 0.25) is 5.02 Å². The van der Waals surface area contributed by atoms with Crippen LogP contribution in [0.15, 0.2) is 57.8 Å². The van der Waals surface area contributed by atoms with Crippen LogP contribution in [-0.4, -0.2) is 42.0 Å². The highest BCUT2D eigenvalue weighted by molar-refractivity contribution is 7.89. The van der Waals surface area contributed by atoms with Crippen molar-refractivity contribution >= 4 is 27.6 Å². The molecule has 0 radical (unpaired) electrons. The summed E-state index contributed by atoms with van der Waals surface area (Å²) < 4.78 is 37.9. The SMILES string of the molecule is O=C(OCc1nnc(-c2ccc(Cl)cc2)o1)c1cccc(S(=O)(=O)N2CCCCC2)c1. The third kappa shape index (κ3) is 4.95. The van der Waals surface area contributed by atoms with Crippen LogP contribution in [0.25, 0.3) is 11.5 Å². The number of hydrogen-bond acceptors (Lipinski definition) is 7. The molecule has 162 valence electrons. The Morgan fingerprint density at radius 2 is 1.81 bits per heavy atom. The standard InChI is InChI=1S/C21H20ClN3O5S/c22-17-9-7-15(8-10-17)20-24-23-19(30-20)14-29-21(26)16-5-4-6-18(13-16)31(27,28)25-11-2-1-3-12-25/h4-10,13H,1-3,11-12,14H2. The summed E-state index contributed by atoms with van der Waals surface area (Å²) in [7, 11) is -3.64. The van der Waals surface area contributed by atoms with Crippen molar-refractivity contribution < 1.29 is 22.4 Å². The summed E-state index contributed by atoms with van der Waals surface area (Å²) in [5, 5.41) is 8.38. The molecule has 8 nitrogen and oxygen atoms in total. The zero-order valence-electron chi connectivity index (χ0n) is 16.5. The monoisotopic (exact) mass is 461 g/mol. The summed E-state index contributed by atoms with van der Waals surface area (Å²) in [5.74, 6) is -0.283. The third-order valence-electron chi connectivity index (χ3n) is 4.91. The van der Waals surface area contributed by atoms with Gasteiger partial charge in [0.15, 0.2) is 6.61 Å². The molecule has 31 heavy (non-hydrogen) atoms. The van der Waals surface area contributed by atoms with Crippen molar-refractivity contribution in [3.8, 4) is 11.5 Å². The summed E-state index contributed by atoms with van der Waals surface area (Å²) in [6.07, 6.45) is 2.69. The molecule has 0 N–H and O–H groups in total. The first-order chi connectivity index (χ1) is 14.9. The zero-order valence-corrected chi connectivity index (χ0v) is 18.1. The number of hydrogen-bond donors (Lipinski definition) is 0. The molecule has 1 saturated heterocycles. The number of halogens is 1. The molecular formula is C21H20ClN3O5S. The highest BCUT2D eigenvalue weighted by Crippen LogP contribution is 2.23. The van der Waals surface area contributed by atoms with Crippen LogP contribution in [0.4, 0.5) is 0 Å². The van der Waals surface area contributed by atoms with Crippen molar-refractivity contribution in [2.75, 3.05) is 13.1 Å². The van der Waals surface area contributed by atoms with Gasteiger partial charge in [0.05, 0.1) is 10.5 Å². The van der Waals surface area contributed by atoms with E-state index in [9.17, 15) is 13.2 Å². The molecule has 1 aromatic heterocycles. The van der Waals surface area contributed by atoms with Crippen LogP contribution in [0, 0.1) is 0 Å². The number of piperidine rings is 1. The fourth-order valence-corrected chi connectivity index (χ4v) is 4.96. The van der Waals surface area contributed by atoms with Crippen LogP contribution >= 0.6 is 11.6 Å². The van der Waals surface area contributed by atoms with Gasteiger partial charge in [-0.1, -0.05) is 24.1 Å². The predicted octanol–water partition coefficient (Wildman–Crippen LogP) is 3.92. The molecule has 1 fully saturated rings. The average molecular weight is 462 g/mol. The summed E-state index contributed by atoms with van der Waals surface area (Å²) in [6, 6.07) is 12.7. The second kappa shape index (κ2) is 9.17. The molecule has 1 aliphatic heterocycles. The van der Waals surface area contributed by atoms with Crippen LogP contribution in [-0.2, 0) is 21.4 Å². The number of carbonyl (C=O) groups is 1. The summed E-state index contributed by atoms with van der Waals surface area (Å²) in [5.41, 5.74) is 0.820. The highest BCUT2D eigenvalue weighted by atomic mass is 35.5. The molecule has 0 aliphatic carbocycles. The van der Waals surface area contributed by atoms with E-state index in [1.807, 2.05) is 0 Å². The van der Waals surface area contributed by atoms with Crippen LogP contribution in [0.3, 0.4) is 0 Å². The maximum atomic E-state index is 12.8. The Bertz CT molecular complexity index is 1170. The first-order valence-corrected chi connectivity index (χ1v) is 11.6. The van der Waals surface area contributed by atoms with E-state index in [0.29, 0.717) is 23.7 Å². The smallest absolute Gasteiger partial charge is 0.338 e. The Morgan fingerprint density at radius 3 is 2.55 bits per heavy atom. The number of sulfonamides is 1. The molecule has 2 aromatic carbocycles. The van der Waals surface area contributed by atoms with E-state index in [-0.39, 0.29) is 28.8 Å². The van der Waals surface area contributed by atoms with Crippen LogP contribution in [0.1, 0.15) is 35.5 Å². The maximum absolute atomic E-state index is 12.8. The Morgan fingerprint density at radius 1 is 1.06 bits per heavy atom. The number of carbonyl (C=O) groups excluding carboxylic acids is 1. The lowest BCUT2D eigenvalue weighted by molar-refractivity contribution is 0.0438. The maximum Gasteiger partial charge on any atom is 0.338 e. The number of rotatable bonds is 6. The van der Waals surface area contributed by atoms with Crippen molar-refractivity contribution in [3.05, 3.63) is 65.0 Å². The van der Waals surface area contributed by atoms with Gasteiger partial charge in [0, 0.05) is 23.7 Å². The van der Waals surface area contributed by atoms with Crippen LogP contribution in [0.5, 0.6) is 0 Å². The molecular weight excluding hydrogens is 442 g/mol. The topological polar surface area (TPSA) is 103 Å². The Balaban J connectivity index is 1.42. The van der Waals surface area contributed by atoms with E-state index in [1.165, 1.54) is 28.6 Å². The van der Waals surface area contributed by atoms with E-state index in [2.05, 4.69) is 10.2 Å². The average Bonchev–Trinajstić information content (AvgIpc) is 3.27. The Labute approximate surface area is 184 Å². The molecule has 3 aromatic rings. The van der Waals surface area contributed by atoms with Crippen molar-refractivity contribution in [1.29, 1.82) is 0 Å². The predicted molar refractivity (Wildman–Crippen MR) is 113 cm³/mol.